The molecule has 0 atom stereocenters. The second-order valence-electron chi connectivity index (χ2n) is 0.866. The van der Waals surface area contributed by atoms with E-state index in [1.54, 1.807) is 0 Å². The zero-order valence-corrected chi connectivity index (χ0v) is 5.15. The monoisotopic (exact) mass is 105 g/mol. The molecule has 0 aromatic rings. The fourth-order valence-corrected chi connectivity index (χ4v) is 0.0913. The summed E-state index contributed by atoms with van der Waals surface area (Å²) in [6.45, 7) is 4.81. The van der Waals surface area contributed by atoms with Crippen LogP contribution in [0.2, 0.25) is 0 Å². The van der Waals surface area contributed by atoms with Crippen LogP contribution in [-0.4, -0.2) is 18.3 Å². The number of rotatable bonds is 2. The van der Waals surface area contributed by atoms with Gasteiger partial charge in [-0.2, -0.15) is 0 Å². The Kier molecular flexibility index (Phi) is 24.1. The Labute approximate surface area is 45.3 Å². The molecule has 0 aliphatic heterocycles. The van der Waals surface area contributed by atoms with Crippen LogP contribution in [0.3, 0.4) is 0 Å². The topological polar surface area (TPSA) is 46.2 Å². The average Bonchev–Trinajstić information content (AvgIpc) is 1.75. The van der Waals surface area contributed by atoms with E-state index in [4.69, 9.17) is 10.8 Å². The summed E-state index contributed by atoms with van der Waals surface area (Å²) in [7, 11) is 0. The predicted octanol–water partition coefficient (Wildman–Crippen LogP) is 0.354. The molecule has 0 spiro atoms. The maximum Gasteiger partial charge on any atom is 0.0443 e. The molecule has 0 saturated carbocycles. The molecule has 3 N–H and O–H groups in total. The number of hydrogen-bond acceptors (Lipinski definition) is 2. The predicted molar refractivity (Wildman–Crippen MR) is 32.1 cm³/mol. The highest BCUT2D eigenvalue weighted by Gasteiger charge is 1.69. The molecule has 0 heterocycles. The van der Waals surface area contributed by atoms with Gasteiger partial charge in [-0.1, -0.05) is 13.8 Å². The summed E-state index contributed by atoms with van der Waals surface area (Å²) in [5.41, 5.74) is 4.98. The first-order chi connectivity index (χ1) is 3.41. The van der Waals surface area contributed by atoms with E-state index < -0.39 is 0 Å². The first-order valence-electron chi connectivity index (χ1n) is 2.72. The highest BCUT2D eigenvalue weighted by Crippen LogP contribution is 1.62. The smallest absolute Gasteiger partial charge is 0.0443 e. The van der Waals surface area contributed by atoms with Crippen molar-refractivity contribution in [1.29, 1.82) is 0 Å². The molecule has 46 valence electrons. The molecule has 0 bridgehead atoms. The van der Waals surface area contributed by atoms with E-state index >= 15 is 0 Å². The Bertz CT molecular complexity index is 15.6. The SMILES string of the molecule is CC.NCCCO. The van der Waals surface area contributed by atoms with Crippen molar-refractivity contribution in [3.8, 4) is 0 Å². The third-order valence-corrected chi connectivity index (χ3v) is 0.362. The van der Waals surface area contributed by atoms with Gasteiger partial charge in [0.15, 0.2) is 0 Å². The summed E-state index contributed by atoms with van der Waals surface area (Å²) in [5.74, 6) is 0. The first-order valence-corrected chi connectivity index (χ1v) is 2.72. The van der Waals surface area contributed by atoms with Crippen molar-refractivity contribution in [1.82, 2.24) is 0 Å². The molecular weight excluding hydrogens is 90.1 g/mol. The van der Waals surface area contributed by atoms with Crippen LogP contribution in [0.1, 0.15) is 20.3 Å². The Morgan fingerprint density at radius 1 is 1.43 bits per heavy atom. The third-order valence-electron chi connectivity index (χ3n) is 0.362. The van der Waals surface area contributed by atoms with E-state index in [2.05, 4.69) is 0 Å². The lowest BCUT2D eigenvalue weighted by Crippen LogP contribution is -1.99. The van der Waals surface area contributed by atoms with Gasteiger partial charge in [0.1, 0.15) is 0 Å². The largest absolute Gasteiger partial charge is 0.396 e. The summed E-state index contributed by atoms with van der Waals surface area (Å²) in [6, 6.07) is 0. The van der Waals surface area contributed by atoms with E-state index in [0.717, 1.165) is 6.42 Å². The molecule has 2 nitrogen and oxygen atoms in total. The van der Waals surface area contributed by atoms with Crippen molar-refractivity contribution >= 4 is 0 Å². The number of aliphatic hydroxyl groups excluding tert-OH is 1. The van der Waals surface area contributed by atoms with Crippen molar-refractivity contribution in [2.45, 2.75) is 20.3 Å². The van der Waals surface area contributed by atoms with Gasteiger partial charge in [-0.3, -0.25) is 0 Å². The fourth-order valence-electron chi connectivity index (χ4n) is 0.0913. The summed E-state index contributed by atoms with van der Waals surface area (Å²) >= 11 is 0. The van der Waals surface area contributed by atoms with E-state index in [1.165, 1.54) is 0 Å². The lowest BCUT2D eigenvalue weighted by Gasteiger charge is -1.80. The lowest BCUT2D eigenvalue weighted by atomic mass is 10.5. The van der Waals surface area contributed by atoms with Gasteiger partial charge in [0.05, 0.1) is 0 Å². The molecule has 0 aliphatic rings. The molecule has 2 heteroatoms. The fraction of sp³-hybridized carbons (Fsp3) is 1.00. The van der Waals surface area contributed by atoms with Gasteiger partial charge in [0, 0.05) is 6.61 Å². The average molecular weight is 105 g/mol. The van der Waals surface area contributed by atoms with Crippen LogP contribution in [0.15, 0.2) is 0 Å². The Balaban J connectivity index is 0. The minimum absolute atomic E-state index is 0.219. The van der Waals surface area contributed by atoms with Crippen molar-refractivity contribution < 1.29 is 5.11 Å². The molecule has 0 saturated heterocycles. The van der Waals surface area contributed by atoms with Crippen LogP contribution < -0.4 is 5.73 Å². The van der Waals surface area contributed by atoms with E-state index in [1.807, 2.05) is 13.8 Å². The van der Waals surface area contributed by atoms with Crippen molar-refractivity contribution in [3.63, 3.8) is 0 Å². The van der Waals surface area contributed by atoms with E-state index in [0.29, 0.717) is 6.54 Å². The summed E-state index contributed by atoms with van der Waals surface area (Å²) in [6.07, 6.45) is 0.722. The molecule has 0 aromatic heterocycles. The molecule has 0 aliphatic carbocycles. The van der Waals surface area contributed by atoms with Gasteiger partial charge < -0.3 is 10.8 Å². The zero-order valence-electron chi connectivity index (χ0n) is 5.15. The molecule has 0 radical (unpaired) electrons. The highest BCUT2D eigenvalue weighted by atomic mass is 16.2. The summed E-state index contributed by atoms with van der Waals surface area (Å²) < 4.78 is 0. The van der Waals surface area contributed by atoms with Gasteiger partial charge in [0.2, 0.25) is 0 Å². The second-order valence-corrected chi connectivity index (χ2v) is 0.866. The Morgan fingerprint density at radius 3 is 1.86 bits per heavy atom. The van der Waals surface area contributed by atoms with E-state index in [-0.39, 0.29) is 6.61 Å². The van der Waals surface area contributed by atoms with Crippen LogP contribution in [0, 0.1) is 0 Å². The van der Waals surface area contributed by atoms with Crippen molar-refractivity contribution in [2.75, 3.05) is 13.2 Å². The van der Waals surface area contributed by atoms with Crippen LogP contribution in [-0.2, 0) is 0 Å². The highest BCUT2D eigenvalue weighted by molar-refractivity contribution is 4.28. The molecule has 0 aromatic carbocycles. The molecule has 0 fully saturated rings. The van der Waals surface area contributed by atoms with Gasteiger partial charge in [-0.15, -0.1) is 0 Å². The normalized spacial score (nSPS) is 6.86. The zero-order chi connectivity index (χ0) is 6.12. The van der Waals surface area contributed by atoms with E-state index in [9.17, 15) is 0 Å². The first kappa shape index (κ1) is 10.0. The molecular formula is C5H15NO. The van der Waals surface area contributed by atoms with Gasteiger partial charge in [-0.05, 0) is 13.0 Å². The summed E-state index contributed by atoms with van der Waals surface area (Å²) in [4.78, 5) is 0. The van der Waals surface area contributed by atoms with Crippen molar-refractivity contribution in [3.05, 3.63) is 0 Å². The Hall–Kier alpha value is -0.0800. The third kappa shape index (κ3) is 24.7. The van der Waals surface area contributed by atoms with Gasteiger partial charge >= 0.3 is 0 Å². The molecule has 0 rings (SSSR count). The standard InChI is InChI=1S/C3H9NO.C2H6/c4-2-1-3-5;1-2/h5H,1-4H2;1-2H3. The van der Waals surface area contributed by atoms with Crippen LogP contribution >= 0.6 is 0 Å². The minimum Gasteiger partial charge on any atom is -0.396 e. The van der Waals surface area contributed by atoms with Gasteiger partial charge in [-0.25, -0.2) is 0 Å². The minimum atomic E-state index is 0.219. The second kappa shape index (κ2) is 16.8. The molecule has 7 heavy (non-hydrogen) atoms. The number of nitrogens with two attached hydrogens (primary N) is 1. The van der Waals surface area contributed by atoms with Crippen LogP contribution in [0.5, 0.6) is 0 Å². The maximum absolute atomic E-state index is 7.99. The van der Waals surface area contributed by atoms with Gasteiger partial charge in [0.25, 0.3) is 0 Å². The van der Waals surface area contributed by atoms with Crippen molar-refractivity contribution in [2.24, 2.45) is 5.73 Å². The number of aliphatic hydroxyl groups is 1. The summed E-state index contributed by atoms with van der Waals surface area (Å²) in [5, 5.41) is 7.99. The lowest BCUT2D eigenvalue weighted by molar-refractivity contribution is 0.291. The quantitative estimate of drug-likeness (QED) is 0.532. The molecule has 0 amide bonds. The number of hydrogen-bond donors (Lipinski definition) is 2. The Morgan fingerprint density at radius 2 is 1.86 bits per heavy atom. The van der Waals surface area contributed by atoms with Crippen LogP contribution in [0.25, 0.3) is 0 Å². The van der Waals surface area contributed by atoms with Crippen LogP contribution in [0.4, 0.5) is 0 Å². The maximum atomic E-state index is 7.99. The molecule has 0 unspecified atom stereocenters.